The van der Waals surface area contributed by atoms with Crippen molar-refractivity contribution in [1.29, 1.82) is 0 Å². The van der Waals surface area contributed by atoms with Crippen LogP contribution in [-0.4, -0.2) is 49.2 Å². The van der Waals surface area contributed by atoms with Crippen LogP contribution in [-0.2, 0) is 0 Å². The number of nitrogens with two attached hydrogens (primary N) is 1. The minimum Gasteiger partial charge on any atom is -0.318 e. The Kier molecular flexibility index (Phi) is 5.46. The molecule has 0 radical (unpaired) electrons. The van der Waals surface area contributed by atoms with Crippen LogP contribution in [0.5, 0.6) is 0 Å². The molecule has 12 heavy (non-hydrogen) atoms. The lowest BCUT2D eigenvalue weighted by Gasteiger charge is -2.31. The predicted molar refractivity (Wildman–Crippen MR) is 54.0 cm³/mol. The van der Waals surface area contributed by atoms with Gasteiger partial charge in [0.15, 0.2) is 0 Å². The molecule has 0 aromatic carbocycles. The third kappa shape index (κ3) is 4.04. The second-order valence-corrected chi connectivity index (χ2v) is 3.83. The van der Waals surface area contributed by atoms with Gasteiger partial charge in [0, 0.05) is 25.3 Å². The van der Waals surface area contributed by atoms with Crippen LogP contribution >= 0.6 is 0 Å². The van der Waals surface area contributed by atoms with Gasteiger partial charge in [0.1, 0.15) is 0 Å². The Balaban J connectivity index is 3.78. The molecule has 3 nitrogen and oxygen atoms in total. The zero-order valence-corrected chi connectivity index (χ0v) is 9.04. The van der Waals surface area contributed by atoms with Gasteiger partial charge in [-0.1, -0.05) is 0 Å². The number of nitrogens with zero attached hydrogens (tertiary/aromatic N) is 2. The molecule has 0 amide bonds. The van der Waals surface area contributed by atoms with Gasteiger partial charge >= 0.3 is 0 Å². The molecule has 0 heterocycles. The molecule has 0 aromatic rings. The average molecular weight is 173 g/mol. The first-order valence-electron chi connectivity index (χ1n) is 4.59. The van der Waals surface area contributed by atoms with Crippen LogP contribution in [0.4, 0.5) is 0 Å². The molecule has 1 unspecified atom stereocenters. The number of likely N-dealkylation sites (N-methyl/N-ethyl adjacent to an activating group) is 2. The van der Waals surface area contributed by atoms with E-state index in [9.17, 15) is 0 Å². The Hall–Kier alpha value is -0.120. The van der Waals surface area contributed by atoms with Crippen molar-refractivity contribution >= 4 is 0 Å². The lowest BCUT2D eigenvalue weighted by atomic mass is 10.2. The maximum Gasteiger partial charge on any atom is 0.0453 e. The summed E-state index contributed by atoms with van der Waals surface area (Å²) in [7, 11) is 4.20. The molecule has 0 spiro atoms. The molecular formula is C9H23N3. The van der Waals surface area contributed by atoms with Crippen LogP contribution < -0.4 is 5.73 Å². The van der Waals surface area contributed by atoms with Crippen LogP contribution in [0.3, 0.4) is 0 Å². The third-order valence-corrected chi connectivity index (χ3v) is 2.40. The van der Waals surface area contributed by atoms with Gasteiger partial charge < -0.3 is 10.6 Å². The fraction of sp³-hybridized carbons (Fsp3) is 1.00. The fourth-order valence-corrected chi connectivity index (χ4v) is 1.16. The first-order valence-corrected chi connectivity index (χ1v) is 4.59. The average Bonchev–Trinajstić information content (AvgIpc) is 2.02. The van der Waals surface area contributed by atoms with E-state index < -0.39 is 0 Å². The van der Waals surface area contributed by atoms with E-state index in [-0.39, 0.29) is 0 Å². The predicted octanol–water partition coefficient (Wildman–Crippen LogP) is 0.563. The van der Waals surface area contributed by atoms with Crippen molar-refractivity contribution < 1.29 is 0 Å². The molecule has 0 bridgehead atoms. The highest BCUT2D eigenvalue weighted by molar-refractivity contribution is 4.69. The van der Waals surface area contributed by atoms with Crippen LogP contribution in [0, 0.1) is 0 Å². The van der Waals surface area contributed by atoms with Gasteiger partial charge in [0.05, 0.1) is 0 Å². The van der Waals surface area contributed by atoms with Gasteiger partial charge in [-0.15, -0.1) is 0 Å². The van der Waals surface area contributed by atoms with E-state index in [2.05, 4.69) is 37.6 Å². The SMILES string of the molecule is CC(C)N(C)C(C)CN(C)CN. The summed E-state index contributed by atoms with van der Waals surface area (Å²) >= 11 is 0. The molecule has 0 saturated carbocycles. The van der Waals surface area contributed by atoms with Crippen LogP contribution in [0.25, 0.3) is 0 Å². The van der Waals surface area contributed by atoms with E-state index in [0.717, 1.165) is 6.54 Å². The van der Waals surface area contributed by atoms with Crippen molar-refractivity contribution in [2.75, 3.05) is 27.3 Å². The van der Waals surface area contributed by atoms with Crippen molar-refractivity contribution in [1.82, 2.24) is 9.80 Å². The molecule has 0 rings (SSSR count). The maximum atomic E-state index is 5.50. The van der Waals surface area contributed by atoms with Gasteiger partial charge in [-0.2, -0.15) is 0 Å². The van der Waals surface area contributed by atoms with E-state index >= 15 is 0 Å². The summed E-state index contributed by atoms with van der Waals surface area (Å²) in [5, 5.41) is 0. The fourth-order valence-electron chi connectivity index (χ4n) is 1.16. The first kappa shape index (κ1) is 11.9. The van der Waals surface area contributed by atoms with Crippen LogP contribution in [0.2, 0.25) is 0 Å². The van der Waals surface area contributed by atoms with Crippen molar-refractivity contribution in [3.63, 3.8) is 0 Å². The smallest absolute Gasteiger partial charge is 0.0453 e. The Morgan fingerprint density at radius 2 is 1.67 bits per heavy atom. The van der Waals surface area contributed by atoms with Crippen LogP contribution in [0.1, 0.15) is 20.8 Å². The largest absolute Gasteiger partial charge is 0.318 e. The van der Waals surface area contributed by atoms with Crippen molar-refractivity contribution in [3.8, 4) is 0 Å². The van der Waals surface area contributed by atoms with Gasteiger partial charge in [0.25, 0.3) is 0 Å². The highest BCUT2D eigenvalue weighted by Gasteiger charge is 2.12. The highest BCUT2D eigenvalue weighted by atomic mass is 15.2. The van der Waals surface area contributed by atoms with Gasteiger partial charge in [0.2, 0.25) is 0 Å². The standard InChI is InChI=1S/C9H23N3/c1-8(2)12(5)9(3)6-11(4)7-10/h8-9H,6-7,10H2,1-5H3. The molecule has 0 fully saturated rings. The Morgan fingerprint density at radius 3 is 2.00 bits per heavy atom. The normalized spacial score (nSPS) is 14.8. The molecule has 0 aliphatic rings. The monoisotopic (exact) mass is 173 g/mol. The summed E-state index contributed by atoms with van der Waals surface area (Å²) in [4.78, 5) is 4.48. The zero-order chi connectivity index (χ0) is 9.72. The van der Waals surface area contributed by atoms with Gasteiger partial charge in [-0.25, -0.2) is 0 Å². The summed E-state index contributed by atoms with van der Waals surface area (Å²) in [6.07, 6.45) is 0. The molecule has 2 N–H and O–H groups in total. The summed E-state index contributed by atoms with van der Waals surface area (Å²) in [6.45, 7) is 8.31. The zero-order valence-electron chi connectivity index (χ0n) is 9.04. The molecule has 74 valence electrons. The molecular weight excluding hydrogens is 150 g/mol. The Bertz CT molecular complexity index is 114. The van der Waals surface area contributed by atoms with Crippen molar-refractivity contribution in [3.05, 3.63) is 0 Å². The van der Waals surface area contributed by atoms with Crippen molar-refractivity contribution in [2.45, 2.75) is 32.9 Å². The maximum absolute atomic E-state index is 5.50. The molecule has 3 heteroatoms. The first-order chi connectivity index (χ1) is 5.49. The topological polar surface area (TPSA) is 32.5 Å². The highest BCUT2D eigenvalue weighted by Crippen LogP contribution is 2.02. The second kappa shape index (κ2) is 5.51. The van der Waals surface area contributed by atoms with E-state index in [1.807, 2.05) is 7.05 Å². The Morgan fingerprint density at radius 1 is 1.17 bits per heavy atom. The molecule has 0 aromatic heterocycles. The molecule has 0 saturated heterocycles. The third-order valence-electron chi connectivity index (χ3n) is 2.40. The molecule has 0 aliphatic carbocycles. The minimum absolute atomic E-state index is 0.568. The van der Waals surface area contributed by atoms with Gasteiger partial charge in [-0.05, 0) is 34.9 Å². The number of hydrogen-bond donors (Lipinski definition) is 1. The lowest BCUT2D eigenvalue weighted by molar-refractivity contribution is 0.163. The summed E-state index contributed by atoms with van der Waals surface area (Å²) in [5.41, 5.74) is 5.50. The minimum atomic E-state index is 0.568. The Labute approximate surface area is 76.5 Å². The summed E-state index contributed by atoms with van der Waals surface area (Å²) in [6, 6.07) is 1.17. The summed E-state index contributed by atoms with van der Waals surface area (Å²) < 4.78 is 0. The van der Waals surface area contributed by atoms with Gasteiger partial charge in [-0.3, -0.25) is 4.90 Å². The van der Waals surface area contributed by atoms with E-state index in [1.54, 1.807) is 0 Å². The van der Waals surface area contributed by atoms with Crippen molar-refractivity contribution in [2.24, 2.45) is 5.73 Å². The quantitative estimate of drug-likeness (QED) is 0.617. The second-order valence-electron chi connectivity index (χ2n) is 3.83. The van der Waals surface area contributed by atoms with E-state index in [4.69, 9.17) is 5.73 Å². The lowest BCUT2D eigenvalue weighted by Crippen LogP contribution is -2.43. The number of rotatable bonds is 5. The number of hydrogen-bond acceptors (Lipinski definition) is 3. The van der Waals surface area contributed by atoms with E-state index in [1.165, 1.54) is 0 Å². The van der Waals surface area contributed by atoms with E-state index in [0.29, 0.717) is 18.8 Å². The molecule has 1 atom stereocenters. The van der Waals surface area contributed by atoms with Crippen LogP contribution in [0.15, 0.2) is 0 Å². The summed E-state index contributed by atoms with van der Waals surface area (Å²) in [5.74, 6) is 0. The molecule has 0 aliphatic heterocycles.